The molecule has 1 amide bonds. The number of azo groups is 1. The minimum Gasteiger partial charge on any atom is -0.493 e. The molecule has 0 fully saturated rings. The van der Waals surface area contributed by atoms with Gasteiger partial charge in [0.15, 0.2) is 6.61 Å². The molecule has 0 unspecified atom stereocenters. The van der Waals surface area contributed by atoms with E-state index in [1.165, 1.54) is 18.2 Å². The number of nitrogens with zero attached hydrogens (tertiary/aromatic N) is 2. The van der Waals surface area contributed by atoms with Crippen LogP contribution in [0.15, 0.2) is 38.0 Å². The molecule has 0 aliphatic rings. The normalized spacial score (nSPS) is 10.9. The highest BCUT2D eigenvalue weighted by molar-refractivity contribution is 6.35. The summed E-state index contributed by atoms with van der Waals surface area (Å²) in [6, 6.07) is 4.42. The zero-order valence-electron chi connectivity index (χ0n) is 11.2. The van der Waals surface area contributed by atoms with Crippen LogP contribution >= 0.6 is 23.2 Å². The zero-order chi connectivity index (χ0) is 17.0. The Bertz CT molecular complexity index is 890. The lowest BCUT2D eigenvalue weighted by atomic mass is 10.3. The Labute approximate surface area is 137 Å². The number of aromatic amines is 2. The number of hydrogen-bond acceptors (Lipinski definition) is 6. The van der Waals surface area contributed by atoms with Crippen molar-refractivity contribution in [3.63, 3.8) is 0 Å². The number of halogens is 2. The molecule has 0 spiro atoms. The quantitative estimate of drug-likeness (QED) is 0.715. The summed E-state index contributed by atoms with van der Waals surface area (Å²) in [7, 11) is 0. The summed E-state index contributed by atoms with van der Waals surface area (Å²) < 4.78 is 5.12. The molecule has 2 rings (SSSR count). The van der Waals surface area contributed by atoms with Gasteiger partial charge in [0.25, 0.3) is 5.56 Å². The third kappa shape index (κ3) is 4.41. The number of carbonyl (C=O) groups is 1. The maximum absolute atomic E-state index is 11.5. The minimum atomic E-state index is -0.996. The van der Waals surface area contributed by atoms with Gasteiger partial charge in [-0.25, -0.2) is 4.79 Å². The fourth-order valence-corrected chi connectivity index (χ4v) is 1.89. The molecule has 2 aromatic rings. The molecule has 1 aromatic heterocycles. The second-order valence-electron chi connectivity index (χ2n) is 4.06. The van der Waals surface area contributed by atoms with Gasteiger partial charge < -0.3 is 9.84 Å². The van der Waals surface area contributed by atoms with E-state index in [1.54, 1.807) is 0 Å². The van der Waals surface area contributed by atoms with E-state index in [-0.39, 0.29) is 10.8 Å². The van der Waals surface area contributed by atoms with Gasteiger partial charge in [0.05, 0.1) is 5.02 Å². The van der Waals surface area contributed by atoms with E-state index >= 15 is 0 Å². The van der Waals surface area contributed by atoms with Gasteiger partial charge in [-0.2, -0.15) is 0 Å². The predicted octanol–water partition coefficient (Wildman–Crippen LogP) is 1.76. The van der Waals surface area contributed by atoms with E-state index in [0.717, 1.165) is 0 Å². The molecule has 9 nitrogen and oxygen atoms in total. The summed E-state index contributed by atoms with van der Waals surface area (Å²) in [5, 5.41) is 16.4. The minimum absolute atomic E-state index is 0.206. The van der Waals surface area contributed by atoms with Crippen molar-refractivity contribution < 1.29 is 14.6 Å². The van der Waals surface area contributed by atoms with Crippen molar-refractivity contribution in [3.05, 3.63) is 49.1 Å². The Balaban J connectivity index is 2.05. The van der Waals surface area contributed by atoms with E-state index in [4.69, 9.17) is 27.9 Å². The predicted molar refractivity (Wildman–Crippen MR) is 80.8 cm³/mol. The van der Waals surface area contributed by atoms with Crippen LogP contribution in [0.5, 0.6) is 11.6 Å². The number of hydrogen-bond donors (Lipinski definition) is 3. The Morgan fingerprint density at radius 2 is 2.00 bits per heavy atom. The van der Waals surface area contributed by atoms with Crippen LogP contribution in [0.2, 0.25) is 10.0 Å². The first kappa shape index (κ1) is 16.7. The lowest BCUT2D eigenvalue weighted by Crippen LogP contribution is -2.21. The Kier molecular flexibility index (Phi) is 5.14. The number of rotatable bonds is 4. The summed E-state index contributed by atoms with van der Waals surface area (Å²) in [6.45, 7) is -0.507. The first-order valence-corrected chi connectivity index (χ1v) is 6.70. The van der Waals surface area contributed by atoms with Crippen molar-refractivity contribution in [2.24, 2.45) is 10.2 Å². The molecule has 0 saturated carbocycles. The summed E-state index contributed by atoms with van der Waals surface area (Å²) >= 11 is 11.6. The van der Waals surface area contributed by atoms with E-state index in [1.807, 2.05) is 9.97 Å². The van der Waals surface area contributed by atoms with Crippen LogP contribution in [0.1, 0.15) is 0 Å². The van der Waals surface area contributed by atoms with Crippen LogP contribution < -0.4 is 16.0 Å². The van der Waals surface area contributed by atoms with Crippen molar-refractivity contribution in [1.82, 2.24) is 9.97 Å². The lowest BCUT2D eigenvalue weighted by Gasteiger charge is -2.05. The zero-order valence-corrected chi connectivity index (χ0v) is 12.7. The standard InChI is InChI=1S/C12H8Cl2N4O5/c13-5-1-2-7(6(14)3-5)23-4-8(19)17-18-9-10(20)15-12(22)16-11(9)21/h1-3H,4H2,(H3,15,16,20,21,22). The smallest absolute Gasteiger partial charge is 0.328 e. The fraction of sp³-hybridized carbons (Fsp3) is 0.0833. The molecule has 0 radical (unpaired) electrons. The highest BCUT2D eigenvalue weighted by Crippen LogP contribution is 2.27. The van der Waals surface area contributed by atoms with Crippen molar-refractivity contribution in [2.45, 2.75) is 0 Å². The molecule has 0 atom stereocenters. The van der Waals surface area contributed by atoms with Crippen molar-refractivity contribution >= 4 is 34.8 Å². The summed E-state index contributed by atoms with van der Waals surface area (Å²) in [5.41, 5.74) is -2.52. The Morgan fingerprint density at radius 3 is 2.65 bits per heavy atom. The van der Waals surface area contributed by atoms with Crippen LogP contribution in [0.3, 0.4) is 0 Å². The average Bonchev–Trinajstić information content (AvgIpc) is 2.45. The molecule has 0 saturated heterocycles. The summed E-state index contributed by atoms with van der Waals surface area (Å²) in [6.07, 6.45) is 0. The summed E-state index contributed by atoms with van der Waals surface area (Å²) in [4.78, 5) is 37.5. The first-order valence-electron chi connectivity index (χ1n) is 5.95. The first-order chi connectivity index (χ1) is 10.9. The average molecular weight is 359 g/mol. The molecule has 0 aliphatic heterocycles. The van der Waals surface area contributed by atoms with Gasteiger partial charge >= 0.3 is 11.6 Å². The van der Waals surface area contributed by atoms with Crippen molar-refractivity contribution in [2.75, 3.05) is 6.61 Å². The van der Waals surface area contributed by atoms with Gasteiger partial charge in [0.1, 0.15) is 5.75 Å². The number of nitrogens with one attached hydrogen (secondary N) is 2. The van der Waals surface area contributed by atoms with Gasteiger partial charge in [-0.15, -0.1) is 10.2 Å². The highest BCUT2D eigenvalue weighted by atomic mass is 35.5. The molecule has 1 aromatic carbocycles. The topological polar surface area (TPSA) is 137 Å². The molecule has 3 N–H and O–H groups in total. The second kappa shape index (κ2) is 7.07. The maximum Gasteiger partial charge on any atom is 0.328 e. The molecule has 11 heteroatoms. The Morgan fingerprint density at radius 1 is 1.26 bits per heavy atom. The van der Waals surface area contributed by atoms with Crippen LogP contribution in [-0.2, 0) is 4.79 Å². The maximum atomic E-state index is 11.5. The fourth-order valence-electron chi connectivity index (χ4n) is 1.43. The molecule has 1 heterocycles. The molecule has 23 heavy (non-hydrogen) atoms. The van der Waals surface area contributed by atoms with Gasteiger partial charge in [-0.05, 0) is 18.2 Å². The number of aromatic hydroxyl groups is 1. The van der Waals surface area contributed by atoms with Gasteiger partial charge in [-0.3, -0.25) is 19.6 Å². The molecular formula is C12H8Cl2N4O5. The van der Waals surface area contributed by atoms with Crippen LogP contribution in [-0.4, -0.2) is 27.6 Å². The lowest BCUT2D eigenvalue weighted by molar-refractivity contribution is -0.120. The number of aromatic nitrogens is 2. The van der Waals surface area contributed by atoms with E-state index in [9.17, 15) is 19.5 Å². The second-order valence-corrected chi connectivity index (χ2v) is 4.91. The Hall–Kier alpha value is -2.65. The van der Waals surface area contributed by atoms with Crippen LogP contribution in [0.25, 0.3) is 0 Å². The largest absolute Gasteiger partial charge is 0.493 e. The molecule has 0 aliphatic carbocycles. The van der Waals surface area contributed by atoms with Crippen LogP contribution in [0.4, 0.5) is 5.69 Å². The SMILES string of the molecule is O=C(COc1ccc(Cl)cc1Cl)N=Nc1c(O)[nH]c(=O)[nH]c1=O. The van der Waals surface area contributed by atoms with Gasteiger partial charge in [0.2, 0.25) is 11.6 Å². The third-order valence-corrected chi connectivity index (χ3v) is 2.94. The number of H-pyrrole nitrogens is 2. The molecular weight excluding hydrogens is 351 g/mol. The monoisotopic (exact) mass is 358 g/mol. The number of ether oxygens (including phenoxy) is 1. The number of benzene rings is 1. The van der Waals surface area contributed by atoms with E-state index in [2.05, 4.69) is 10.2 Å². The number of carbonyl (C=O) groups excluding carboxylic acids is 1. The van der Waals surface area contributed by atoms with Crippen molar-refractivity contribution in [3.8, 4) is 11.6 Å². The molecule has 120 valence electrons. The van der Waals surface area contributed by atoms with Gasteiger partial charge in [-0.1, -0.05) is 23.2 Å². The van der Waals surface area contributed by atoms with E-state index in [0.29, 0.717) is 5.02 Å². The van der Waals surface area contributed by atoms with Crippen LogP contribution in [0, 0.1) is 0 Å². The molecule has 0 bridgehead atoms. The summed E-state index contributed by atoms with van der Waals surface area (Å²) in [5.74, 6) is -1.44. The van der Waals surface area contributed by atoms with E-state index < -0.39 is 35.3 Å². The van der Waals surface area contributed by atoms with Crippen molar-refractivity contribution in [1.29, 1.82) is 0 Å². The van der Waals surface area contributed by atoms with Gasteiger partial charge in [0, 0.05) is 5.02 Å². The highest BCUT2D eigenvalue weighted by Gasteiger charge is 2.09. The third-order valence-electron chi connectivity index (χ3n) is 2.40. The number of amides is 1.